The first-order chi connectivity index (χ1) is 16.5. The quantitative estimate of drug-likeness (QED) is 0.391. The Morgan fingerprint density at radius 2 is 1.86 bits per heavy atom. The Hall–Kier alpha value is -3.66. The van der Waals surface area contributed by atoms with E-state index in [1.165, 1.54) is 4.90 Å². The Balaban J connectivity index is 2.07. The first-order valence-corrected chi connectivity index (χ1v) is 12.1. The summed E-state index contributed by atoms with van der Waals surface area (Å²) >= 11 is 0.780. The first-order valence-electron chi connectivity index (χ1n) is 11.3. The number of rotatable bonds is 10. The number of primary amides is 1. The van der Waals surface area contributed by atoms with Gasteiger partial charge in [-0.3, -0.25) is 14.4 Å². The molecule has 3 rings (SSSR count). The molecule has 0 fully saturated rings. The third-order valence-corrected chi connectivity index (χ3v) is 6.69. The summed E-state index contributed by atoms with van der Waals surface area (Å²) in [5.74, 6) is -0.810. The largest absolute Gasteiger partial charge is 0.464 e. The summed E-state index contributed by atoms with van der Waals surface area (Å²) in [7, 11) is 0. The molecule has 0 spiro atoms. The van der Waals surface area contributed by atoms with Gasteiger partial charge in [0.2, 0.25) is 0 Å². The highest BCUT2D eigenvalue weighted by Crippen LogP contribution is 2.30. The number of hydrogen-bond acceptors (Lipinski definition) is 7. The number of nitrogens with one attached hydrogen (secondary N) is 1. The molecule has 0 bridgehead atoms. The topological polar surface area (TPSA) is 145 Å². The van der Waals surface area contributed by atoms with E-state index in [2.05, 4.69) is 9.69 Å². The number of carbonyl (C=O) groups is 3. The SMILES string of the molecule is CCC(C)(C)NC(=O)[C@H](c1ccc(C)o1)N(CCc1ccccc1)C(=O)c1snc(C(N)=O)c1N. The van der Waals surface area contributed by atoms with E-state index >= 15 is 0 Å². The van der Waals surface area contributed by atoms with Gasteiger partial charge in [-0.15, -0.1) is 0 Å². The van der Waals surface area contributed by atoms with Gasteiger partial charge >= 0.3 is 0 Å². The summed E-state index contributed by atoms with van der Waals surface area (Å²) in [5.41, 5.74) is 11.6. The number of hydrogen-bond donors (Lipinski definition) is 3. The van der Waals surface area contributed by atoms with Crippen molar-refractivity contribution in [2.45, 2.75) is 52.1 Å². The van der Waals surface area contributed by atoms with Crippen LogP contribution in [0.2, 0.25) is 0 Å². The molecule has 5 N–H and O–H groups in total. The number of aryl methyl sites for hydroxylation is 1. The van der Waals surface area contributed by atoms with Gasteiger partial charge in [0, 0.05) is 12.1 Å². The summed E-state index contributed by atoms with van der Waals surface area (Å²) in [6.45, 7) is 7.74. The number of carbonyl (C=O) groups excluding carboxylic acids is 3. The number of anilines is 1. The predicted molar refractivity (Wildman–Crippen MR) is 135 cm³/mol. The monoisotopic (exact) mass is 497 g/mol. The van der Waals surface area contributed by atoms with Gasteiger partial charge in [0.15, 0.2) is 11.7 Å². The van der Waals surface area contributed by atoms with E-state index in [0.29, 0.717) is 24.4 Å². The van der Waals surface area contributed by atoms with Gasteiger partial charge in [-0.25, -0.2) is 0 Å². The van der Waals surface area contributed by atoms with Crippen molar-refractivity contribution in [2.75, 3.05) is 12.3 Å². The molecule has 0 aliphatic rings. The van der Waals surface area contributed by atoms with Crippen molar-refractivity contribution in [1.82, 2.24) is 14.6 Å². The molecular weight excluding hydrogens is 466 g/mol. The van der Waals surface area contributed by atoms with Crippen molar-refractivity contribution < 1.29 is 18.8 Å². The van der Waals surface area contributed by atoms with E-state index in [1.54, 1.807) is 19.1 Å². The standard InChI is InChI=1S/C25H31N5O4S/c1-5-25(3,4)28-23(32)20(17-12-11-15(2)34-17)30(14-13-16-9-7-6-8-10-16)24(33)21-18(26)19(22(27)31)29-35-21/h6-12,20H,5,13-14,26H2,1-4H3,(H2,27,31)(H,28,32)/t20-/m0/s1. The van der Waals surface area contributed by atoms with E-state index in [0.717, 1.165) is 17.1 Å². The number of nitrogens with two attached hydrogens (primary N) is 2. The summed E-state index contributed by atoms with van der Waals surface area (Å²) in [6, 6.07) is 12.0. The summed E-state index contributed by atoms with van der Waals surface area (Å²) < 4.78 is 9.80. The van der Waals surface area contributed by atoms with E-state index in [-0.39, 0.29) is 28.7 Å². The van der Waals surface area contributed by atoms with Crippen LogP contribution >= 0.6 is 11.5 Å². The third-order valence-electron chi connectivity index (χ3n) is 5.84. The minimum absolute atomic E-state index is 0.0442. The second-order valence-corrected chi connectivity index (χ2v) is 9.72. The number of nitrogen functional groups attached to an aromatic ring is 1. The lowest BCUT2D eigenvalue weighted by molar-refractivity contribution is -0.128. The van der Waals surface area contributed by atoms with Gasteiger partial charge in [0.1, 0.15) is 16.4 Å². The normalized spacial score (nSPS) is 12.2. The maximum absolute atomic E-state index is 13.8. The molecule has 35 heavy (non-hydrogen) atoms. The highest BCUT2D eigenvalue weighted by molar-refractivity contribution is 7.09. The smallest absolute Gasteiger partial charge is 0.270 e. The van der Waals surface area contributed by atoms with Crippen molar-refractivity contribution in [3.63, 3.8) is 0 Å². The van der Waals surface area contributed by atoms with Crippen LogP contribution in [0.25, 0.3) is 0 Å². The Morgan fingerprint density at radius 1 is 1.17 bits per heavy atom. The van der Waals surface area contributed by atoms with Gasteiger partial charge in [-0.05, 0) is 62.8 Å². The van der Waals surface area contributed by atoms with E-state index in [4.69, 9.17) is 15.9 Å². The maximum atomic E-state index is 13.8. The van der Waals surface area contributed by atoms with Crippen molar-refractivity contribution in [3.8, 4) is 0 Å². The van der Waals surface area contributed by atoms with Gasteiger partial charge in [0.25, 0.3) is 17.7 Å². The van der Waals surface area contributed by atoms with Gasteiger partial charge < -0.3 is 26.1 Å². The molecule has 0 aliphatic heterocycles. The van der Waals surface area contributed by atoms with Crippen LogP contribution < -0.4 is 16.8 Å². The second kappa shape index (κ2) is 10.7. The van der Waals surface area contributed by atoms with Crippen molar-refractivity contribution in [2.24, 2.45) is 5.73 Å². The molecule has 3 amide bonds. The van der Waals surface area contributed by atoms with Crippen molar-refractivity contribution in [1.29, 1.82) is 0 Å². The Morgan fingerprint density at radius 3 is 2.40 bits per heavy atom. The average molecular weight is 498 g/mol. The van der Waals surface area contributed by atoms with Crippen LogP contribution in [0, 0.1) is 6.92 Å². The van der Waals surface area contributed by atoms with Gasteiger partial charge in [0.05, 0.1) is 5.69 Å². The molecule has 0 radical (unpaired) electrons. The molecule has 0 aliphatic carbocycles. The highest BCUT2D eigenvalue weighted by atomic mass is 32.1. The zero-order valence-electron chi connectivity index (χ0n) is 20.3. The zero-order chi connectivity index (χ0) is 25.8. The lowest BCUT2D eigenvalue weighted by Crippen LogP contribution is -2.50. The molecule has 186 valence electrons. The van der Waals surface area contributed by atoms with Crippen LogP contribution in [-0.2, 0) is 11.2 Å². The molecule has 2 heterocycles. The van der Waals surface area contributed by atoms with Gasteiger partial charge in [-0.2, -0.15) is 4.37 Å². The second-order valence-electron chi connectivity index (χ2n) is 8.95. The number of amides is 3. The first kappa shape index (κ1) is 26.0. The van der Waals surface area contributed by atoms with Gasteiger partial charge in [-0.1, -0.05) is 37.3 Å². The molecule has 9 nitrogen and oxygen atoms in total. The number of benzene rings is 1. The zero-order valence-corrected chi connectivity index (χ0v) is 21.1. The Kier molecular flexibility index (Phi) is 7.96. The van der Waals surface area contributed by atoms with E-state index in [9.17, 15) is 14.4 Å². The summed E-state index contributed by atoms with van der Waals surface area (Å²) in [4.78, 5) is 40.6. The fourth-order valence-corrected chi connectivity index (χ4v) is 4.28. The molecule has 1 atom stereocenters. The molecule has 0 saturated heterocycles. The third kappa shape index (κ3) is 6.07. The van der Waals surface area contributed by atoms with E-state index < -0.39 is 23.4 Å². The van der Waals surface area contributed by atoms with E-state index in [1.807, 2.05) is 51.1 Å². The van der Waals surface area contributed by atoms with Crippen molar-refractivity contribution in [3.05, 3.63) is 70.1 Å². The highest BCUT2D eigenvalue weighted by Gasteiger charge is 2.38. The minimum Gasteiger partial charge on any atom is -0.464 e. The minimum atomic E-state index is -1.07. The van der Waals surface area contributed by atoms with Crippen LogP contribution in [0.4, 0.5) is 5.69 Å². The maximum Gasteiger partial charge on any atom is 0.270 e. The number of furan rings is 1. The molecule has 3 aromatic rings. The Bertz CT molecular complexity index is 1200. The van der Waals surface area contributed by atoms with Crippen LogP contribution in [0.15, 0.2) is 46.9 Å². The Labute approximate surface area is 208 Å². The van der Waals surface area contributed by atoms with Crippen LogP contribution in [-0.4, -0.2) is 39.1 Å². The fourth-order valence-electron chi connectivity index (χ4n) is 3.52. The van der Waals surface area contributed by atoms with Crippen LogP contribution in [0.3, 0.4) is 0 Å². The molecule has 0 unspecified atom stereocenters. The molecule has 0 saturated carbocycles. The average Bonchev–Trinajstić information content (AvgIpc) is 3.41. The predicted octanol–water partition coefficient (Wildman–Crippen LogP) is 3.46. The summed E-state index contributed by atoms with van der Waals surface area (Å²) in [5, 5.41) is 3.03. The molecule has 1 aromatic carbocycles. The molecule has 2 aromatic heterocycles. The summed E-state index contributed by atoms with van der Waals surface area (Å²) in [6.07, 6.45) is 1.17. The fraction of sp³-hybridized carbons (Fsp3) is 0.360. The van der Waals surface area contributed by atoms with Crippen molar-refractivity contribution >= 4 is 34.9 Å². The number of nitrogens with zero attached hydrogens (tertiary/aromatic N) is 2. The lowest BCUT2D eigenvalue weighted by atomic mass is 10.0. The number of aromatic nitrogens is 1. The molecular formula is C25H31N5O4S. The van der Waals surface area contributed by atoms with Crippen LogP contribution in [0.5, 0.6) is 0 Å². The molecule has 10 heteroatoms. The lowest BCUT2D eigenvalue weighted by Gasteiger charge is -2.33. The van der Waals surface area contributed by atoms with Crippen LogP contribution in [0.1, 0.15) is 70.5 Å².